The lowest BCUT2D eigenvalue weighted by Gasteiger charge is -2.33. The number of rotatable bonds is 5. The van der Waals surface area contributed by atoms with Crippen LogP contribution in [0, 0.1) is 0 Å². The van der Waals surface area contributed by atoms with E-state index >= 15 is 0 Å². The lowest BCUT2D eigenvalue weighted by Crippen LogP contribution is -2.52. The molecule has 0 saturated carbocycles. The number of urea groups is 1. The van der Waals surface area contributed by atoms with E-state index in [0.717, 1.165) is 19.1 Å². The average Bonchev–Trinajstić information content (AvgIpc) is 2.51. The van der Waals surface area contributed by atoms with Crippen molar-refractivity contribution in [3.8, 4) is 0 Å². The van der Waals surface area contributed by atoms with E-state index in [2.05, 4.69) is 17.0 Å². The smallest absolute Gasteiger partial charge is 0.317 e. The van der Waals surface area contributed by atoms with E-state index in [9.17, 15) is 13.2 Å². The summed E-state index contributed by atoms with van der Waals surface area (Å²) in [6.07, 6.45) is 2.71. The third kappa shape index (κ3) is 5.84. The molecule has 0 radical (unpaired) electrons. The number of carbonyl (C=O) groups excluding carboxylic acids is 1. The monoisotopic (exact) mass is 339 g/mol. The summed E-state index contributed by atoms with van der Waals surface area (Å²) in [7, 11) is -3.24. The molecule has 23 heavy (non-hydrogen) atoms. The van der Waals surface area contributed by atoms with E-state index in [0.29, 0.717) is 19.6 Å². The molecule has 1 saturated heterocycles. The Bertz CT molecular complexity index is 619. The Hall–Kier alpha value is -1.60. The highest BCUT2D eigenvalue weighted by atomic mass is 32.2. The van der Waals surface area contributed by atoms with Crippen molar-refractivity contribution in [3.05, 3.63) is 35.9 Å². The van der Waals surface area contributed by atoms with Crippen molar-refractivity contribution in [1.29, 1.82) is 0 Å². The van der Waals surface area contributed by atoms with Crippen LogP contribution in [0.5, 0.6) is 0 Å². The fraction of sp³-hybridized carbons (Fsp3) is 0.562. The first-order valence-electron chi connectivity index (χ1n) is 7.90. The summed E-state index contributed by atoms with van der Waals surface area (Å²) in [4.78, 5) is 14.0. The van der Waals surface area contributed by atoms with E-state index in [1.165, 1.54) is 5.56 Å². The lowest BCUT2D eigenvalue weighted by molar-refractivity contribution is 0.177. The molecule has 7 heteroatoms. The van der Waals surface area contributed by atoms with Crippen LogP contribution in [0.3, 0.4) is 0 Å². The molecule has 1 aliphatic rings. The predicted octanol–water partition coefficient (Wildman–Crippen LogP) is 1.51. The van der Waals surface area contributed by atoms with Gasteiger partial charge >= 0.3 is 6.03 Å². The van der Waals surface area contributed by atoms with Crippen LogP contribution in [0.1, 0.15) is 31.2 Å². The van der Waals surface area contributed by atoms with Gasteiger partial charge in [0.1, 0.15) is 0 Å². The summed E-state index contributed by atoms with van der Waals surface area (Å²) in [5, 5.41) is 2.94. The van der Waals surface area contributed by atoms with Gasteiger partial charge in [0.05, 0.1) is 6.26 Å². The minimum absolute atomic E-state index is 0.132. The van der Waals surface area contributed by atoms with E-state index in [1.807, 2.05) is 30.3 Å². The summed E-state index contributed by atoms with van der Waals surface area (Å²) in [6, 6.07) is 9.70. The topological polar surface area (TPSA) is 78.5 Å². The van der Waals surface area contributed by atoms with Crippen LogP contribution in [0.4, 0.5) is 4.79 Å². The molecule has 2 amide bonds. The third-order valence-electron chi connectivity index (χ3n) is 4.02. The molecule has 128 valence electrons. The van der Waals surface area contributed by atoms with Crippen molar-refractivity contribution in [2.24, 2.45) is 0 Å². The highest BCUT2D eigenvalue weighted by Gasteiger charge is 2.25. The van der Waals surface area contributed by atoms with Gasteiger partial charge in [-0.3, -0.25) is 0 Å². The molecule has 0 spiro atoms. The summed E-state index contributed by atoms with van der Waals surface area (Å²) in [5.41, 5.74) is 1.18. The quantitative estimate of drug-likeness (QED) is 0.853. The van der Waals surface area contributed by atoms with Crippen molar-refractivity contribution in [2.45, 2.75) is 31.7 Å². The SMILES string of the molecule is C[C@@H](CNC(=O)N1CCC[C@H](NS(C)(=O)=O)C1)c1ccccc1. The molecule has 1 fully saturated rings. The first-order chi connectivity index (χ1) is 10.8. The van der Waals surface area contributed by atoms with Crippen LogP contribution in [-0.2, 0) is 10.0 Å². The zero-order valence-electron chi connectivity index (χ0n) is 13.7. The predicted molar refractivity (Wildman–Crippen MR) is 90.8 cm³/mol. The molecule has 0 aromatic heterocycles. The Morgan fingerprint density at radius 2 is 2.04 bits per heavy atom. The first-order valence-corrected chi connectivity index (χ1v) is 9.79. The van der Waals surface area contributed by atoms with Crippen LogP contribution >= 0.6 is 0 Å². The molecule has 0 aliphatic carbocycles. The Morgan fingerprint density at radius 1 is 1.35 bits per heavy atom. The fourth-order valence-corrected chi connectivity index (χ4v) is 3.61. The van der Waals surface area contributed by atoms with Crippen molar-refractivity contribution in [2.75, 3.05) is 25.9 Å². The summed E-state index contributed by atoms with van der Waals surface area (Å²) >= 11 is 0. The lowest BCUT2D eigenvalue weighted by atomic mass is 10.0. The van der Waals surface area contributed by atoms with Crippen LogP contribution in [0.25, 0.3) is 0 Å². The van der Waals surface area contributed by atoms with Gasteiger partial charge in [0, 0.05) is 25.7 Å². The van der Waals surface area contributed by atoms with Gasteiger partial charge in [-0.25, -0.2) is 17.9 Å². The molecule has 1 aromatic rings. The maximum absolute atomic E-state index is 12.3. The van der Waals surface area contributed by atoms with E-state index in [4.69, 9.17) is 0 Å². The second-order valence-corrected chi connectivity index (χ2v) is 7.95. The largest absolute Gasteiger partial charge is 0.337 e. The summed E-state index contributed by atoms with van der Waals surface area (Å²) in [6.45, 7) is 3.70. The highest BCUT2D eigenvalue weighted by Crippen LogP contribution is 2.14. The normalized spacial score (nSPS) is 20.1. The molecule has 2 rings (SSSR count). The summed E-state index contributed by atoms with van der Waals surface area (Å²) < 4.78 is 25.2. The zero-order valence-corrected chi connectivity index (χ0v) is 14.5. The van der Waals surface area contributed by atoms with Crippen molar-refractivity contribution >= 4 is 16.1 Å². The number of nitrogens with one attached hydrogen (secondary N) is 2. The van der Waals surface area contributed by atoms with E-state index in [-0.39, 0.29) is 18.0 Å². The Labute approximate surface area is 138 Å². The van der Waals surface area contributed by atoms with Gasteiger partial charge < -0.3 is 10.2 Å². The standard InChI is InChI=1S/C16H25N3O3S/c1-13(14-7-4-3-5-8-14)11-17-16(20)19-10-6-9-15(12-19)18-23(2,21)22/h3-5,7-8,13,15,18H,6,9-12H2,1-2H3,(H,17,20)/t13-,15-/m0/s1. The van der Waals surface area contributed by atoms with E-state index < -0.39 is 10.0 Å². The van der Waals surface area contributed by atoms with E-state index in [1.54, 1.807) is 4.90 Å². The molecule has 1 aliphatic heterocycles. The number of benzene rings is 1. The second-order valence-electron chi connectivity index (χ2n) is 6.17. The Kier molecular flexibility index (Phi) is 6.01. The van der Waals surface area contributed by atoms with Gasteiger partial charge in [0.2, 0.25) is 10.0 Å². The zero-order chi connectivity index (χ0) is 16.9. The minimum atomic E-state index is -3.24. The highest BCUT2D eigenvalue weighted by molar-refractivity contribution is 7.88. The Balaban J connectivity index is 1.83. The minimum Gasteiger partial charge on any atom is -0.337 e. The molecule has 2 atom stereocenters. The maximum atomic E-state index is 12.3. The van der Waals surface area contributed by atoms with Gasteiger partial charge in [0.15, 0.2) is 0 Å². The summed E-state index contributed by atoms with van der Waals surface area (Å²) in [5.74, 6) is 0.231. The molecule has 1 aromatic carbocycles. The molecule has 0 unspecified atom stereocenters. The number of sulfonamides is 1. The average molecular weight is 339 g/mol. The van der Waals surface area contributed by atoms with Crippen molar-refractivity contribution < 1.29 is 13.2 Å². The van der Waals surface area contributed by atoms with Gasteiger partial charge in [-0.05, 0) is 24.3 Å². The molecule has 6 nitrogen and oxygen atoms in total. The van der Waals surface area contributed by atoms with Crippen LogP contribution in [0.2, 0.25) is 0 Å². The Morgan fingerprint density at radius 3 is 2.70 bits per heavy atom. The number of hydrogen-bond donors (Lipinski definition) is 2. The van der Waals surface area contributed by atoms with Crippen LogP contribution in [-0.4, -0.2) is 51.3 Å². The number of nitrogens with zero attached hydrogens (tertiary/aromatic N) is 1. The van der Waals surface area contributed by atoms with Gasteiger partial charge in [-0.1, -0.05) is 37.3 Å². The number of carbonyl (C=O) groups is 1. The first kappa shape index (κ1) is 17.7. The molecule has 1 heterocycles. The van der Waals surface area contributed by atoms with Gasteiger partial charge in [0.25, 0.3) is 0 Å². The van der Waals surface area contributed by atoms with Crippen LogP contribution < -0.4 is 10.0 Å². The van der Waals surface area contributed by atoms with Gasteiger partial charge in [-0.2, -0.15) is 0 Å². The fourth-order valence-electron chi connectivity index (χ4n) is 2.81. The number of amides is 2. The number of piperidine rings is 1. The van der Waals surface area contributed by atoms with Crippen molar-refractivity contribution in [1.82, 2.24) is 14.9 Å². The molecular formula is C16H25N3O3S. The number of likely N-dealkylation sites (tertiary alicyclic amines) is 1. The van der Waals surface area contributed by atoms with Crippen molar-refractivity contribution in [3.63, 3.8) is 0 Å². The second kappa shape index (κ2) is 7.79. The van der Waals surface area contributed by atoms with Gasteiger partial charge in [-0.15, -0.1) is 0 Å². The molecule has 2 N–H and O–H groups in total. The molecular weight excluding hydrogens is 314 g/mol. The maximum Gasteiger partial charge on any atom is 0.317 e. The molecule has 0 bridgehead atoms. The van der Waals surface area contributed by atoms with Crippen LogP contribution in [0.15, 0.2) is 30.3 Å². The number of hydrogen-bond acceptors (Lipinski definition) is 3. The third-order valence-corrected chi connectivity index (χ3v) is 4.78.